The summed E-state index contributed by atoms with van der Waals surface area (Å²) in [5.74, 6) is 1.69. The Balaban J connectivity index is 1.32. The van der Waals surface area contributed by atoms with E-state index in [1.807, 2.05) is 42.2 Å². The minimum Gasteiger partial charge on any atom is -0.419 e. The summed E-state index contributed by atoms with van der Waals surface area (Å²) in [4.78, 5) is 27.7. The van der Waals surface area contributed by atoms with Gasteiger partial charge in [0, 0.05) is 41.7 Å². The number of thiazole rings is 1. The van der Waals surface area contributed by atoms with E-state index in [2.05, 4.69) is 46.5 Å². The number of benzene rings is 1. The molecule has 1 atom stereocenters. The van der Waals surface area contributed by atoms with Gasteiger partial charge in [-0.05, 0) is 56.7 Å². The smallest absolute Gasteiger partial charge is 0.266 e. The van der Waals surface area contributed by atoms with Gasteiger partial charge in [-0.15, -0.1) is 21.5 Å². The van der Waals surface area contributed by atoms with Crippen LogP contribution in [0.25, 0.3) is 11.6 Å². The highest BCUT2D eigenvalue weighted by molar-refractivity contribution is 7.09. The van der Waals surface area contributed by atoms with Crippen LogP contribution in [0, 0.1) is 6.92 Å². The van der Waals surface area contributed by atoms with Crippen molar-refractivity contribution in [3.63, 3.8) is 0 Å². The zero-order valence-corrected chi connectivity index (χ0v) is 23.6. The highest BCUT2D eigenvalue weighted by atomic mass is 32.1. The lowest BCUT2D eigenvalue weighted by Gasteiger charge is -2.24. The maximum atomic E-state index is 13.9. The summed E-state index contributed by atoms with van der Waals surface area (Å²) in [6.07, 6.45) is 4.90. The van der Waals surface area contributed by atoms with Crippen molar-refractivity contribution in [2.24, 2.45) is 0 Å². The highest BCUT2D eigenvalue weighted by Crippen LogP contribution is 2.36. The van der Waals surface area contributed by atoms with E-state index in [0.717, 1.165) is 68.3 Å². The largest absolute Gasteiger partial charge is 0.419 e. The fraction of sp³-hybridized carbons (Fsp3) is 0.433. The monoisotopic (exact) mass is 542 g/mol. The van der Waals surface area contributed by atoms with E-state index in [1.165, 1.54) is 5.56 Å². The van der Waals surface area contributed by atoms with E-state index < -0.39 is 0 Å². The van der Waals surface area contributed by atoms with E-state index in [0.29, 0.717) is 23.0 Å². The Morgan fingerprint density at radius 1 is 1.05 bits per heavy atom. The number of pyridine rings is 1. The zero-order chi connectivity index (χ0) is 27.0. The van der Waals surface area contributed by atoms with Crippen LogP contribution < -0.4 is 4.90 Å². The molecule has 0 spiro atoms. The summed E-state index contributed by atoms with van der Waals surface area (Å²) in [5, 5.41) is 11.9. The van der Waals surface area contributed by atoms with Crippen LogP contribution in [0.4, 0.5) is 5.82 Å². The molecular formula is C30H34N6O2S. The Morgan fingerprint density at radius 3 is 2.59 bits per heavy atom. The van der Waals surface area contributed by atoms with Gasteiger partial charge < -0.3 is 14.2 Å². The number of hydrogen-bond donors (Lipinski definition) is 0. The third-order valence-corrected chi connectivity index (χ3v) is 8.70. The summed E-state index contributed by atoms with van der Waals surface area (Å²) < 4.78 is 6.24. The molecule has 2 fully saturated rings. The molecule has 1 amide bonds. The predicted octanol–water partition coefficient (Wildman–Crippen LogP) is 5.99. The second-order valence-electron chi connectivity index (χ2n) is 11.2. The third-order valence-electron chi connectivity index (χ3n) is 7.64. The quantitative estimate of drug-likeness (QED) is 0.283. The van der Waals surface area contributed by atoms with Crippen LogP contribution >= 0.6 is 11.3 Å². The lowest BCUT2D eigenvalue weighted by molar-refractivity contribution is 0.0735. The van der Waals surface area contributed by atoms with Gasteiger partial charge in [0.25, 0.3) is 11.8 Å². The third kappa shape index (κ3) is 5.32. The first-order chi connectivity index (χ1) is 18.9. The molecular weight excluding hydrogens is 508 g/mol. The van der Waals surface area contributed by atoms with Crippen molar-refractivity contribution in [2.45, 2.75) is 64.3 Å². The van der Waals surface area contributed by atoms with Gasteiger partial charge in [0.05, 0.1) is 6.04 Å². The fourth-order valence-corrected chi connectivity index (χ4v) is 6.54. The van der Waals surface area contributed by atoms with Crippen LogP contribution in [0.15, 0.2) is 52.3 Å². The molecule has 1 unspecified atom stereocenters. The number of hydrogen-bond acceptors (Lipinski definition) is 8. The van der Waals surface area contributed by atoms with Gasteiger partial charge in [-0.1, -0.05) is 44.2 Å². The van der Waals surface area contributed by atoms with Crippen molar-refractivity contribution in [2.75, 3.05) is 24.5 Å². The van der Waals surface area contributed by atoms with Gasteiger partial charge in [-0.3, -0.25) is 4.79 Å². The first kappa shape index (κ1) is 25.7. The Hall–Kier alpha value is -3.59. The number of aromatic nitrogens is 4. The van der Waals surface area contributed by atoms with E-state index in [1.54, 1.807) is 11.3 Å². The number of anilines is 1. The molecule has 9 heteroatoms. The van der Waals surface area contributed by atoms with Gasteiger partial charge >= 0.3 is 0 Å². The molecule has 1 aromatic carbocycles. The van der Waals surface area contributed by atoms with Gasteiger partial charge in [-0.2, -0.15) is 0 Å². The van der Waals surface area contributed by atoms with Crippen LogP contribution in [0.5, 0.6) is 0 Å². The van der Waals surface area contributed by atoms with Crippen molar-refractivity contribution in [1.29, 1.82) is 0 Å². The van der Waals surface area contributed by atoms with Crippen LogP contribution in [0.2, 0.25) is 0 Å². The maximum Gasteiger partial charge on any atom is 0.266 e. The number of carbonyl (C=O) groups excluding carboxylic acids is 1. The van der Waals surface area contributed by atoms with Crippen LogP contribution in [0.1, 0.15) is 78.1 Å². The summed E-state index contributed by atoms with van der Waals surface area (Å²) >= 11 is 1.63. The standard InChI is InChI=1S/C30H34N6O2S/c1-20-19-39-27(31-20)24-12-9-15-36(24)28(37)22-16-23(32-25(17-22)35-13-7-8-14-35)26-33-34-29(38-26)30(2,3)18-21-10-5-4-6-11-21/h4-6,10-11,16-17,19,24H,7-9,12-15,18H2,1-3H3. The lowest BCUT2D eigenvalue weighted by atomic mass is 9.86. The minimum atomic E-state index is -0.355. The molecule has 0 aliphatic carbocycles. The lowest BCUT2D eigenvalue weighted by Crippen LogP contribution is -2.31. The molecule has 0 N–H and O–H groups in total. The molecule has 5 heterocycles. The molecule has 0 bridgehead atoms. The molecule has 2 aliphatic heterocycles. The van der Waals surface area contributed by atoms with E-state index in [-0.39, 0.29) is 17.4 Å². The summed E-state index contributed by atoms with van der Waals surface area (Å²) in [6, 6.07) is 14.1. The van der Waals surface area contributed by atoms with E-state index in [9.17, 15) is 4.79 Å². The predicted molar refractivity (Wildman–Crippen MR) is 152 cm³/mol. The molecule has 6 rings (SSSR count). The van der Waals surface area contributed by atoms with Crippen LogP contribution in [0.3, 0.4) is 0 Å². The van der Waals surface area contributed by atoms with Crippen molar-refractivity contribution in [3.05, 3.63) is 75.6 Å². The average molecular weight is 543 g/mol. The number of aryl methyl sites for hydroxylation is 1. The number of rotatable bonds is 7. The highest BCUT2D eigenvalue weighted by Gasteiger charge is 2.34. The molecule has 0 saturated carbocycles. The Bertz CT molecular complexity index is 1460. The van der Waals surface area contributed by atoms with Crippen molar-refractivity contribution in [1.82, 2.24) is 25.1 Å². The molecule has 2 saturated heterocycles. The molecule has 0 radical (unpaired) electrons. The summed E-state index contributed by atoms with van der Waals surface area (Å²) in [7, 11) is 0. The molecule has 202 valence electrons. The van der Waals surface area contributed by atoms with Crippen molar-refractivity contribution < 1.29 is 9.21 Å². The van der Waals surface area contributed by atoms with Gasteiger partial charge in [-0.25, -0.2) is 9.97 Å². The molecule has 39 heavy (non-hydrogen) atoms. The molecule has 2 aliphatic rings. The second kappa shape index (κ2) is 10.5. The summed E-state index contributed by atoms with van der Waals surface area (Å²) in [5.41, 5.74) is 2.99. The average Bonchev–Trinajstić information content (AvgIpc) is 3.74. The summed E-state index contributed by atoms with van der Waals surface area (Å²) in [6.45, 7) is 8.78. The van der Waals surface area contributed by atoms with E-state index in [4.69, 9.17) is 14.4 Å². The molecule has 3 aromatic heterocycles. The van der Waals surface area contributed by atoms with Crippen molar-refractivity contribution in [3.8, 4) is 11.6 Å². The second-order valence-corrected chi connectivity index (χ2v) is 12.1. The van der Waals surface area contributed by atoms with Crippen LogP contribution in [-0.2, 0) is 11.8 Å². The fourth-order valence-electron chi connectivity index (χ4n) is 5.60. The maximum absolute atomic E-state index is 13.9. The Kier molecular flexibility index (Phi) is 6.93. The first-order valence-corrected chi connectivity index (χ1v) is 14.6. The normalized spacial score (nSPS) is 17.8. The zero-order valence-electron chi connectivity index (χ0n) is 22.8. The molecule has 4 aromatic rings. The minimum absolute atomic E-state index is 0.00130. The van der Waals surface area contributed by atoms with Crippen LogP contribution in [-0.4, -0.2) is 50.6 Å². The van der Waals surface area contributed by atoms with E-state index >= 15 is 0 Å². The number of amides is 1. The van der Waals surface area contributed by atoms with Crippen molar-refractivity contribution >= 4 is 23.1 Å². The first-order valence-electron chi connectivity index (χ1n) is 13.8. The molecule has 8 nitrogen and oxygen atoms in total. The number of nitrogens with zero attached hydrogens (tertiary/aromatic N) is 6. The topological polar surface area (TPSA) is 88.2 Å². The van der Waals surface area contributed by atoms with Gasteiger partial charge in [0.1, 0.15) is 16.5 Å². The number of likely N-dealkylation sites (tertiary alicyclic amines) is 1. The van der Waals surface area contributed by atoms with Gasteiger partial charge in [0.2, 0.25) is 5.89 Å². The Morgan fingerprint density at radius 2 is 1.85 bits per heavy atom. The van der Waals surface area contributed by atoms with Gasteiger partial charge in [0.15, 0.2) is 0 Å². The number of carbonyl (C=O) groups is 1. The SMILES string of the molecule is Cc1csc(C2CCCN2C(=O)c2cc(-c3nnc(C(C)(C)Cc4ccccc4)o3)nc(N3CCCC3)c2)n1. The Labute approximate surface area is 233 Å².